The minimum absolute atomic E-state index is 0.397. The summed E-state index contributed by atoms with van der Waals surface area (Å²) in [7, 11) is 0. The van der Waals surface area contributed by atoms with Crippen LogP contribution in [0.3, 0.4) is 0 Å². The number of aromatic nitrogens is 2. The van der Waals surface area contributed by atoms with Gasteiger partial charge in [-0.1, -0.05) is 31.9 Å². The molecular weight excluding hydrogens is 364 g/mol. The molecule has 18 heavy (non-hydrogen) atoms. The quantitative estimate of drug-likeness (QED) is 0.846. The van der Waals surface area contributed by atoms with Crippen molar-refractivity contribution in [3.8, 4) is 0 Å². The lowest BCUT2D eigenvalue weighted by molar-refractivity contribution is 0.262. The highest BCUT2D eigenvalue weighted by Crippen LogP contribution is 2.14. The minimum atomic E-state index is -0.397. The van der Waals surface area contributed by atoms with Gasteiger partial charge in [-0.3, -0.25) is 10.6 Å². The van der Waals surface area contributed by atoms with Gasteiger partial charge in [0.05, 0.1) is 0 Å². The first-order chi connectivity index (χ1) is 8.63. The number of nitrogens with one attached hydrogen (secondary N) is 2. The van der Waals surface area contributed by atoms with Crippen molar-refractivity contribution < 1.29 is 4.79 Å². The average molecular weight is 372 g/mol. The molecule has 2 amide bonds. The van der Waals surface area contributed by atoms with Crippen LogP contribution in [-0.2, 0) is 0 Å². The summed E-state index contributed by atoms with van der Waals surface area (Å²) in [5, 5.41) is 5.21. The molecule has 0 fully saturated rings. The molecule has 2 rings (SSSR count). The van der Waals surface area contributed by atoms with E-state index in [0.717, 1.165) is 8.95 Å². The first-order valence-corrected chi connectivity index (χ1v) is 6.53. The fourth-order valence-electron chi connectivity index (χ4n) is 1.21. The second-order valence-corrected chi connectivity index (χ2v) is 5.13. The van der Waals surface area contributed by atoms with Crippen molar-refractivity contribution in [2.45, 2.75) is 0 Å². The Hall–Kier alpha value is -1.47. The number of amides is 2. The molecule has 0 unspecified atom stereocenters. The molecule has 0 saturated heterocycles. The van der Waals surface area contributed by atoms with Gasteiger partial charge in [0, 0.05) is 21.3 Å². The SMILES string of the molecule is O=C(Nc1cc(Br)ccn1)Nc1cc(Br)ccn1. The smallest absolute Gasteiger partial charge is 0.292 e. The standard InChI is InChI=1S/C11H8Br2N4O/c12-7-1-3-14-9(5-7)16-11(18)17-10-6-8(13)2-4-15-10/h1-6H,(H2,14,15,16,17,18). The van der Waals surface area contributed by atoms with Gasteiger partial charge in [-0.05, 0) is 24.3 Å². The van der Waals surface area contributed by atoms with Crippen LogP contribution in [0.1, 0.15) is 0 Å². The summed E-state index contributed by atoms with van der Waals surface area (Å²) in [5.41, 5.74) is 0. The predicted octanol–water partition coefficient (Wildman–Crippen LogP) is 3.65. The van der Waals surface area contributed by atoms with Gasteiger partial charge in [-0.2, -0.15) is 0 Å². The molecule has 0 aliphatic rings. The maximum Gasteiger partial charge on any atom is 0.326 e. The highest BCUT2D eigenvalue weighted by atomic mass is 79.9. The second kappa shape index (κ2) is 5.92. The number of urea groups is 1. The fraction of sp³-hybridized carbons (Fsp3) is 0. The highest BCUT2D eigenvalue weighted by molar-refractivity contribution is 9.10. The van der Waals surface area contributed by atoms with E-state index in [-0.39, 0.29) is 0 Å². The molecule has 2 N–H and O–H groups in total. The van der Waals surface area contributed by atoms with Crippen molar-refractivity contribution in [2.24, 2.45) is 0 Å². The van der Waals surface area contributed by atoms with Gasteiger partial charge < -0.3 is 0 Å². The van der Waals surface area contributed by atoms with E-state index >= 15 is 0 Å². The van der Waals surface area contributed by atoms with E-state index in [2.05, 4.69) is 52.5 Å². The van der Waals surface area contributed by atoms with Gasteiger partial charge in [0.15, 0.2) is 0 Å². The molecule has 2 heterocycles. The number of pyridine rings is 2. The number of carbonyl (C=O) groups excluding carboxylic acids is 1. The lowest BCUT2D eigenvalue weighted by Crippen LogP contribution is -2.20. The molecule has 0 bridgehead atoms. The third kappa shape index (κ3) is 3.78. The molecule has 0 aromatic carbocycles. The molecule has 2 aromatic rings. The molecule has 0 saturated carbocycles. The first-order valence-electron chi connectivity index (χ1n) is 4.94. The lowest BCUT2D eigenvalue weighted by Gasteiger charge is -2.06. The molecule has 0 aliphatic carbocycles. The summed E-state index contributed by atoms with van der Waals surface area (Å²) in [6, 6.07) is 6.56. The van der Waals surface area contributed by atoms with Gasteiger partial charge >= 0.3 is 6.03 Å². The molecule has 0 aliphatic heterocycles. The van der Waals surface area contributed by atoms with E-state index in [1.807, 2.05) is 0 Å². The van der Waals surface area contributed by atoms with Crippen LogP contribution in [0.5, 0.6) is 0 Å². The van der Waals surface area contributed by atoms with E-state index in [1.54, 1.807) is 36.7 Å². The second-order valence-electron chi connectivity index (χ2n) is 3.30. The summed E-state index contributed by atoms with van der Waals surface area (Å²) >= 11 is 6.60. The van der Waals surface area contributed by atoms with Gasteiger partial charge in [-0.15, -0.1) is 0 Å². The third-order valence-corrected chi connectivity index (χ3v) is 2.91. The molecular formula is C11H8Br2N4O. The highest BCUT2D eigenvalue weighted by Gasteiger charge is 2.04. The van der Waals surface area contributed by atoms with E-state index in [0.29, 0.717) is 11.6 Å². The summed E-state index contributed by atoms with van der Waals surface area (Å²) in [4.78, 5) is 19.7. The zero-order valence-electron chi connectivity index (χ0n) is 9.02. The molecule has 0 atom stereocenters. The average Bonchev–Trinajstić information content (AvgIpc) is 2.28. The molecule has 5 nitrogen and oxygen atoms in total. The summed E-state index contributed by atoms with van der Waals surface area (Å²) in [6.45, 7) is 0. The Labute approximate surface area is 120 Å². The first kappa shape index (κ1) is 13.0. The Morgan fingerprint density at radius 2 is 1.39 bits per heavy atom. The Bertz CT molecular complexity index is 527. The van der Waals surface area contributed by atoms with Crippen molar-refractivity contribution in [2.75, 3.05) is 10.6 Å². The molecule has 2 aromatic heterocycles. The fourth-order valence-corrected chi connectivity index (χ4v) is 1.88. The van der Waals surface area contributed by atoms with E-state index in [1.165, 1.54) is 0 Å². The Morgan fingerprint density at radius 1 is 0.944 bits per heavy atom. The van der Waals surface area contributed by atoms with E-state index in [9.17, 15) is 4.79 Å². The maximum atomic E-state index is 11.7. The molecule has 92 valence electrons. The molecule has 0 radical (unpaired) electrons. The van der Waals surface area contributed by atoms with Crippen molar-refractivity contribution in [3.05, 3.63) is 45.6 Å². The van der Waals surface area contributed by atoms with Crippen LogP contribution >= 0.6 is 31.9 Å². The van der Waals surface area contributed by atoms with Crippen LogP contribution < -0.4 is 10.6 Å². The topological polar surface area (TPSA) is 66.9 Å². The number of carbonyl (C=O) groups is 1. The largest absolute Gasteiger partial charge is 0.326 e. The van der Waals surface area contributed by atoms with Crippen LogP contribution in [0.4, 0.5) is 16.4 Å². The number of nitrogens with zero attached hydrogens (tertiary/aromatic N) is 2. The normalized spacial score (nSPS) is 9.89. The number of rotatable bonds is 2. The van der Waals surface area contributed by atoms with Crippen LogP contribution in [0.25, 0.3) is 0 Å². The molecule has 0 spiro atoms. The van der Waals surface area contributed by atoms with E-state index in [4.69, 9.17) is 0 Å². The van der Waals surface area contributed by atoms with Crippen molar-refractivity contribution >= 4 is 49.5 Å². The Kier molecular flexibility index (Phi) is 4.27. The Balaban J connectivity index is 2.01. The van der Waals surface area contributed by atoms with Gasteiger partial charge in [-0.25, -0.2) is 14.8 Å². The number of hydrogen-bond acceptors (Lipinski definition) is 3. The van der Waals surface area contributed by atoms with Crippen LogP contribution in [-0.4, -0.2) is 16.0 Å². The maximum absolute atomic E-state index is 11.7. The predicted molar refractivity (Wildman–Crippen MR) is 76.5 cm³/mol. The van der Waals surface area contributed by atoms with Crippen LogP contribution in [0.2, 0.25) is 0 Å². The van der Waals surface area contributed by atoms with Gasteiger partial charge in [0.25, 0.3) is 0 Å². The number of halogens is 2. The van der Waals surface area contributed by atoms with Crippen LogP contribution in [0, 0.1) is 0 Å². The van der Waals surface area contributed by atoms with Crippen molar-refractivity contribution in [1.29, 1.82) is 0 Å². The van der Waals surface area contributed by atoms with E-state index < -0.39 is 6.03 Å². The third-order valence-electron chi connectivity index (χ3n) is 1.93. The minimum Gasteiger partial charge on any atom is -0.292 e. The number of anilines is 2. The van der Waals surface area contributed by atoms with Gasteiger partial charge in [0.2, 0.25) is 0 Å². The van der Waals surface area contributed by atoms with Gasteiger partial charge in [0.1, 0.15) is 11.6 Å². The Morgan fingerprint density at radius 3 is 1.78 bits per heavy atom. The molecule has 7 heteroatoms. The monoisotopic (exact) mass is 370 g/mol. The summed E-state index contributed by atoms with van der Waals surface area (Å²) in [6.07, 6.45) is 3.19. The van der Waals surface area contributed by atoms with Crippen LogP contribution in [0.15, 0.2) is 45.6 Å². The summed E-state index contributed by atoms with van der Waals surface area (Å²) < 4.78 is 1.68. The zero-order valence-corrected chi connectivity index (χ0v) is 12.2. The van der Waals surface area contributed by atoms with Crippen molar-refractivity contribution in [1.82, 2.24) is 9.97 Å². The zero-order chi connectivity index (χ0) is 13.0. The lowest BCUT2D eigenvalue weighted by atomic mass is 10.4. The number of hydrogen-bond donors (Lipinski definition) is 2. The van der Waals surface area contributed by atoms with Crippen molar-refractivity contribution in [3.63, 3.8) is 0 Å². The summed E-state index contributed by atoms with van der Waals surface area (Å²) in [5.74, 6) is 0.911.